The van der Waals surface area contributed by atoms with Crippen LogP contribution >= 0.6 is 23.1 Å². The minimum absolute atomic E-state index is 0.0986. The van der Waals surface area contributed by atoms with Crippen LogP contribution in [0.5, 0.6) is 0 Å². The van der Waals surface area contributed by atoms with Gasteiger partial charge in [0.2, 0.25) is 5.91 Å². The Hall–Kier alpha value is -2.19. The predicted octanol–water partition coefficient (Wildman–Crippen LogP) is 3.85. The van der Waals surface area contributed by atoms with E-state index in [0.29, 0.717) is 23.2 Å². The van der Waals surface area contributed by atoms with Crippen molar-refractivity contribution in [1.82, 2.24) is 14.8 Å². The Morgan fingerprint density at radius 1 is 1.25 bits per heavy atom. The molecule has 0 bridgehead atoms. The van der Waals surface area contributed by atoms with Gasteiger partial charge < -0.3 is 10.3 Å². The maximum Gasteiger partial charge on any atom is 0.217 e. The first-order valence-corrected chi connectivity index (χ1v) is 11.0. The second-order valence-electron chi connectivity index (χ2n) is 7.13. The molecule has 0 radical (unpaired) electrons. The van der Waals surface area contributed by atoms with E-state index in [1.807, 2.05) is 29.7 Å². The molecule has 0 aliphatic carbocycles. The van der Waals surface area contributed by atoms with E-state index in [1.54, 1.807) is 11.3 Å². The number of rotatable bonds is 9. The lowest BCUT2D eigenvalue weighted by Crippen LogP contribution is -2.15. The monoisotopic (exact) mass is 416 g/mol. The van der Waals surface area contributed by atoms with Crippen LogP contribution in [0, 0.1) is 12.8 Å². The Kier molecular flexibility index (Phi) is 6.51. The fourth-order valence-corrected chi connectivity index (χ4v) is 5.11. The molecule has 6 nitrogen and oxygen atoms in total. The summed E-state index contributed by atoms with van der Waals surface area (Å²) in [5.74, 6) is 1.17. The lowest BCUT2D eigenvalue weighted by molar-refractivity contribution is -0.118. The van der Waals surface area contributed by atoms with Crippen LogP contribution in [0.4, 0.5) is 0 Å². The predicted molar refractivity (Wildman–Crippen MR) is 114 cm³/mol. The molecule has 2 aromatic heterocycles. The molecular weight excluding hydrogens is 392 g/mol. The van der Waals surface area contributed by atoms with Crippen molar-refractivity contribution in [3.05, 3.63) is 40.5 Å². The third kappa shape index (κ3) is 4.62. The molecule has 0 saturated carbocycles. The average molecular weight is 417 g/mol. The summed E-state index contributed by atoms with van der Waals surface area (Å²) < 4.78 is 3.13. The molecule has 0 spiro atoms. The number of Topliss-reactive ketones (excluding diaryl/α,β-unsaturated/α-hetero) is 1. The molecule has 0 unspecified atom stereocenters. The van der Waals surface area contributed by atoms with Crippen LogP contribution in [0.1, 0.15) is 41.3 Å². The topological polar surface area (TPSA) is 90.9 Å². The number of hydrogen-bond acceptors (Lipinski definition) is 6. The van der Waals surface area contributed by atoms with Crippen molar-refractivity contribution in [2.45, 2.75) is 45.3 Å². The maximum atomic E-state index is 12.8. The number of amides is 1. The molecule has 3 rings (SSSR count). The summed E-state index contributed by atoms with van der Waals surface area (Å²) in [5, 5.41) is 10.3. The van der Waals surface area contributed by atoms with Crippen molar-refractivity contribution in [2.75, 3.05) is 5.75 Å². The molecule has 0 saturated heterocycles. The maximum absolute atomic E-state index is 12.8. The summed E-state index contributed by atoms with van der Waals surface area (Å²) in [4.78, 5) is 24.7. The third-order valence-electron chi connectivity index (χ3n) is 4.37. The van der Waals surface area contributed by atoms with Crippen LogP contribution < -0.4 is 5.73 Å². The second kappa shape index (κ2) is 8.87. The van der Waals surface area contributed by atoms with Gasteiger partial charge in [0.15, 0.2) is 10.9 Å². The molecule has 3 aromatic rings. The summed E-state index contributed by atoms with van der Waals surface area (Å²) in [6.45, 7) is 6.95. The molecule has 1 amide bonds. The quantitative estimate of drug-likeness (QED) is 0.423. The number of thioether (sulfide) groups is 1. The summed E-state index contributed by atoms with van der Waals surface area (Å²) in [6, 6.07) is 8.08. The van der Waals surface area contributed by atoms with Gasteiger partial charge >= 0.3 is 0 Å². The summed E-state index contributed by atoms with van der Waals surface area (Å²) in [5.41, 5.74) is 6.30. The number of thiophene rings is 1. The SMILES string of the molecule is Cc1c(C(=O)CSc2nnc(CCC(N)=O)n2CC(C)C)sc2ccccc12. The molecule has 0 aliphatic heterocycles. The van der Waals surface area contributed by atoms with Gasteiger partial charge in [-0.15, -0.1) is 21.5 Å². The molecular formula is C20H24N4O2S2. The van der Waals surface area contributed by atoms with Crippen LogP contribution in [0.25, 0.3) is 10.1 Å². The van der Waals surface area contributed by atoms with Gasteiger partial charge in [0, 0.05) is 24.1 Å². The van der Waals surface area contributed by atoms with Crippen LogP contribution in [-0.2, 0) is 17.8 Å². The van der Waals surface area contributed by atoms with E-state index < -0.39 is 0 Å². The number of hydrogen-bond donors (Lipinski definition) is 1. The highest BCUT2D eigenvalue weighted by Crippen LogP contribution is 2.32. The smallest absolute Gasteiger partial charge is 0.217 e. The van der Waals surface area contributed by atoms with Gasteiger partial charge in [-0.05, 0) is 29.9 Å². The second-order valence-corrected chi connectivity index (χ2v) is 9.13. The van der Waals surface area contributed by atoms with Gasteiger partial charge in [0.25, 0.3) is 0 Å². The van der Waals surface area contributed by atoms with Crippen LogP contribution in [-0.4, -0.2) is 32.2 Å². The first kappa shape index (κ1) is 20.5. The first-order valence-electron chi connectivity index (χ1n) is 9.21. The standard InChI is InChI=1S/C20H24N4O2S2/c1-12(2)10-24-18(9-8-17(21)26)22-23-20(24)27-11-15(25)19-13(3)14-6-4-5-7-16(14)28-19/h4-7,12H,8-11H2,1-3H3,(H2,21,26). The van der Waals surface area contributed by atoms with Crippen LogP contribution in [0.2, 0.25) is 0 Å². The minimum Gasteiger partial charge on any atom is -0.370 e. The number of aryl methyl sites for hydroxylation is 2. The van der Waals surface area contributed by atoms with E-state index in [9.17, 15) is 9.59 Å². The number of nitrogens with two attached hydrogens (primary N) is 1. The van der Waals surface area contributed by atoms with Crippen molar-refractivity contribution < 1.29 is 9.59 Å². The third-order valence-corrected chi connectivity index (χ3v) is 6.65. The van der Waals surface area contributed by atoms with Gasteiger partial charge in [-0.3, -0.25) is 9.59 Å². The number of primary amides is 1. The number of fused-ring (bicyclic) bond motifs is 1. The van der Waals surface area contributed by atoms with Crippen molar-refractivity contribution in [3.63, 3.8) is 0 Å². The highest BCUT2D eigenvalue weighted by Gasteiger charge is 2.19. The van der Waals surface area contributed by atoms with E-state index in [1.165, 1.54) is 11.8 Å². The van der Waals surface area contributed by atoms with Crippen molar-refractivity contribution in [2.24, 2.45) is 11.7 Å². The molecule has 2 N–H and O–H groups in total. The van der Waals surface area contributed by atoms with Gasteiger partial charge in [0.1, 0.15) is 5.82 Å². The van der Waals surface area contributed by atoms with Crippen LogP contribution in [0.3, 0.4) is 0 Å². The van der Waals surface area contributed by atoms with Crippen molar-refractivity contribution >= 4 is 44.9 Å². The van der Waals surface area contributed by atoms with Gasteiger partial charge in [-0.2, -0.15) is 0 Å². The zero-order valence-electron chi connectivity index (χ0n) is 16.3. The number of carbonyl (C=O) groups is 2. The summed E-state index contributed by atoms with van der Waals surface area (Å²) >= 11 is 2.94. The molecule has 8 heteroatoms. The molecule has 0 atom stereocenters. The highest BCUT2D eigenvalue weighted by molar-refractivity contribution is 7.99. The van der Waals surface area contributed by atoms with Gasteiger partial charge in [-0.1, -0.05) is 43.8 Å². The lowest BCUT2D eigenvalue weighted by atomic mass is 10.1. The van der Waals surface area contributed by atoms with Crippen molar-refractivity contribution in [1.29, 1.82) is 0 Å². The summed E-state index contributed by atoms with van der Waals surface area (Å²) in [6.07, 6.45) is 0.694. The van der Waals surface area contributed by atoms with Gasteiger partial charge in [0.05, 0.1) is 10.6 Å². The normalized spacial score (nSPS) is 11.4. The molecule has 148 valence electrons. The summed E-state index contributed by atoms with van der Waals surface area (Å²) in [7, 11) is 0. The Labute approximate surface area is 172 Å². The zero-order chi connectivity index (χ0) is 20.3. The number of nitrogens with zero attached hydrogens (tertiary/aromatic N) is 3. The fraction of sp³-hybridized carbons (Fsp3) is 0.400. The molecule has 1 aromatic carbocycles. The number of ketones is 1. The lowest BCUT2D eigenvalue weighted by Gasteiger charge is -2.12. The van der Waals surface area contributed by atoms with Crippen LogP contribution in [0.15, 0.2) is 29.4 Å². The number of aromatic nitrogens is 3. The largest absolute Gasteiger partial charge is 0.370 e. The zero-order valence-corrected chi connectivity index (χ0v) is 17.9. The average Bonchev–Trinajstić information content (AvgIpc) is 3.19. The van der Waals surface area contributed by atoms with E-state index >= 15 is 0 Å². The Balaban J connectivity index is 1.76. The molecule has 0 fully saturated rings. The molecule has 0 aliphatic rings. The molecule has 2 heterocycles. The molecule has 28 heavy (non-hydrogen) atoms. The number of benzene rings is 1. The van der Waals surface area contributed by atoms with Crippen molar-refractivity contribution in [3.8, 4) is 0 Å². The van der Waals surface area contributed by atoms with E-state index in [4.69, 9.17) is 5.73 Å². The minimum atomic E-state index is -0.358. The Morgan fingerprint density at radius 2 is 2.00 bits per heavy atom. The highest BCUT2D eigenvalue weighted by atomic mass is 32.2. The van der Waals surface area contributed by atoms with E-state index in [2.05, 4.69) is 30.1 Å². The number of carbonyl (C=O) groups excluding carboxylic acids is 2. The van der Waals surface area contributed by atoms with E-state index in [-0.39, 0.29) is 18.1 Å². The first-order chi connectivity index (χ1) is 13.4. The van der Waals surface area contributed by atoms with Gasteiger partial charge in [-0.25, -0.2) is 0 Å². The fourth-order valence-electron chi connectivity index (χ4n) is 3.03. The Bertz CT molecular complexity index is 1010. The van der Waals surface area contributed by atoms with E-state index in [0.717, 1.165) is 32.9 Å². The Morgan fingerprint density at radius 3 is 2.68 bits per heavy atom.